The van der Waals surface area contributed by atoms with Gasteiger partial charge in [-0.15, -0.1) is 0 Å². The van der Waals surface area contributed by atoms with Crippen molar-refractivity contribution in [2.24, 2.45) is 0 Å². The van der Waals surface area contributed by atoms with E-state index in [0.29, 0.717) is 16.7 Å². The highest BCUT2D eigenvalue weighted by atomic mass is 28.3. The summed E-state index contributed by atoms with van der Waals surface area (Å²) in [5, 5.41) is 6.12. The molecule has 0 fully saturated rings. The molecular weight excluding hydrogens is 274 g/mol. The third-order valence-corrected chi connectivity index (χ3v) is 12.4. The topological polar surface area (TPSA) is 12.0 Å². The normalized spacial score (nSPS) is 17.9. The van der Waals surface area contributed by atoms with Crippen LogP contribution in [0.3, 0.4) is 0 Å². The molecule has 0 aromatic heterocycles. The third kappa shape index (κ3) is 5.16. The van der Waals surface area contributed by atoms with Crippen molar-refractivity contribution in [3.63, 3.8) is 0 Å². The maximum absolute atomic E-state index is 4.06. The molecule has 0 radical (unpaired) electrons. The molecule has 0 rings (SSSR count). The molecule has 0 aromatic carbocycles. The van der Waals surface area contributed by atoms with E-state index in [1.807, 2.05) is 0 Å². The SMILES string of the molecule is CCCC(NC(CC)C(C)=C(C)[SiH3])[Si](C)(C)C(C)(C)C. The third-order valence-electron chi connectivity index (χ3n) is 5.50. The summed E-state index contributed by atoms with van der Waals surface area (Å²) >= 11 is 0. The minimum atomic E-state index is -1.34. The van der Waals surface area contributed by atoms with Gasteiger partial charge >= 0.3 is 0 Å². The van der Waals surface area contributed by atoms with Crippen molar-refractivity contribution in [3.8, 4) is 0 Å². The second-order valence-electron chi connectivity index (χ2n) is 8.12. The Bertz CT molecular complexity index is 322. The summed E-state index contributed by atoms with van der Waals surface area (Å²) in [6.45, 7) is 21.7. The maximum Gasteiger partial charge on any atom is 0.0718 e. The van der Waals surface area contributed by atoms with Crippen LogP contribution in [0.4, 0.5) is 0 Å². The van der Waals surface area contributed by atoms with Crippen LogP contribution in [0.25, 0.3) is 0 Å². The quantitative estimate of drug-likeness (QED) is 0.694. The fraction of sp³-hybridized carbons (Fsp3) is 0.882. The Morgan fingerprint density at radius 3 is 1.95 bits per heavy atom. The van der Waals surface area contributed by atoms with Crippen LogP contribution in [0.5, 0.6) is 0 Å². The Balaban J connectivity index is 5.26. The van der Waals surface area contributed by atoms with E-state index in [1.165, 1.54) is 29.5 Å². The molecule has 0 aliphatic carbocycles. The summed E-state index contributed by atoms with van der Waals surface area (Å²) in [6.07, 6.45) is 3.81. The lowest BCUT2D eigenvalue weighted by Gasteiger charge is -2.45. The lowest BCUT2D eigenvalue weighted by molar-refractivity contribution is 0.480. The van der Waals surface area contributed by atoms with Crippen LogP contribution in [0.15, 0.2) is 10.8 Å². The summed E-state index contributed by atoms with van der Waals surface area (Å²) in [7, 11) is -0.148. The molecule has 0 aliphatic heterocycles. The first-order valence-corrected chi connectivity index (χ1v) is 12.5. The van der Waals surface area contributed by atoms with Crippen molar-refractivity contribution in [1.82, 2.24) is 5.32 Å². The number of hydrogen-bond acceptors (Lipinski definition) is 1. The molecule has 3 heteroatoms. The second-order valence-corrected chi connectivity index (χ2v) is 15.3. The zero-order valence-electron chi connectivity index (χ0n) is 15.8. The molecule has 0 heterocycles. The van der Waals surface area contributed by atoms with Gasteiger partial charge in [-0.05, 0) is 31.7 Å². The van der Waals surface area contributed by atoms with E-state index in [1.54, 1.807) is 10.8 Å². The molecule has 0 saturated carbocycles. The molecule has 20 heavy (non-hydrogen) atoms. The molecular formula is C17H39NSi2. The molecule has 2 atom stereocenters. The van der Waals surface area contributed by atoms with E-state index >= 15 is 0 Å². The molecule has 0 spiro atoms. The van der Waals surface area contributed by atoms with Gasteiger partial charge in [0.1, 0.15) is 0 Å². The van der Waals surface area contributed by atoms with Crippen LogP contribution >= 0.6 is 0 Å². The van der Waals surface area contributed by atoms with E-state index in [0.717, 1.165) is 0 Å². The second kappa shape index (κ2) is 7.95. The van der Waals surface area contributed by atoms with Gasteiger partial charge in [0.25, 0.3) is 0 Å². The monoisotopic (exact) mass is 313 g/mol. The minimum absolute atomic E-state index is 0.450. The first kappa shape index (κ1) is 20.1. The van der Waals surface area contributed by atoms with Crippen LogP contribution < -0.4 is 5.32 Å². The van der Waals surface area contributed by atoms with Crippen molar-refractivity contribution in [3.05, 3.63) is 10.8 Å². The zero-order chi connectivity index (χ0) is 16.1. The van der Waals surface area contributed by atoms with Gasteiger partial charge in [0, 0.05) is 21.9 Å². The van der Waals surface area contributed by atoms with E-state index in [4.69, 9.17) is 0 Å². The van der Waals surface area contributed by atoms with Gasteiger partial charge in [-0.3, -0.25) is 0 Å². The maximum atomic E-state index is 4.06. The highest BCUT2D eigenvalue weighted by Gasteiger charge is 2.42. The molecule has 0 amide bonds. The summed E-state index contributed by atoms with van der Waals surface area (Å²) in [6, 6.07) is 0.582. The Hall–Kier alpha value is 0.134. The fourth-order valence-electron chi connectivity index (χ4n) is 2.60. The van der Waals surface area contributed by atoms with E-state index in [-0.39, 0.29) is 0 Å². The minimum Gasteiger partial charge on any atom is -0.310 e. The highest BCUT2D eigenvalue weighted by molar-refractivity contribution is 6.81. The van der Waals surface area contributed by atoms with Gasteiger partial charge in [0.2, 0.25) is 0 Å². The summed E-state index contributed by atoms with van der Waals surface area (Å²) in [4.78, 5) is 0. The predicted molar refractivity (Wildman–Crippen MR) is 101 cm³/mol. The Morgan fingerprint density at radius 2 is 1.65 bits per heavy atom. The Labute approximate surface area is 132 Å². The zero-order valence-corrected chi connectivity index (χ0v) is 18.8. The number of hydrogen-bond donors (Lipinski definition) is 1. The molecule has 1 nitrogen and oxygen atoms in total. The molecule has 0 aliphatic rings. The molecule has 2 unspecified atom stereocenters. The van der Waals surface area contributed by atoms with Gasteiger partial charge in [-0.25, -0.2) is 0 Å². The molecule has 1 N–H and O–H groups in total. The number of rotatable bonds is 7. The summed E-state index contributed by atoms with van der Waals surface area (Å²) in [5.74, 6) is 0. The first-order valence-electron chi connectivity index (χ1n) is 8.39. The molecule has 0 bridgehead atoms. The van der Waals surface area contributed by atoms with E-state index < -0.39 is 8.07 Å². The smallest absolute Gasteiger partial charge is 0.0718 e. The van der Waals surface area contributed by atoms with Crippen molar-refractivity contribution in [1.29, 1.82) is 0 Å². The van der Waals surface area contributed by atoms with Gasteiger partial charge in [-0.1, -0.05) is 64.9 Å². The largest absolute Gasteiger partial charge is 0.310 e. The lowest BCUT2D eigenvalue weighted by Crippen LogP contribution is -2.58. The number of nitrogens with one attached hydrogen (secondary N) is 1. The van der Waals surface area contributed by atoms with Crippen LogP contribution in [0.1, 0.15) is 67.7 Å². The van der Waals surface area contributed by atoms with E-state index in [2.05, 4.69) is 66.9 Å². The van der Waals surface area contributed by atoms with Crippen LogP contribution in [-0.2, 0) is 0 Å². The number of allylic oxidation sites excluding steroid dienone is 1. The van der Waals surface area contributed by atoms with E-state index in [9.17, 15) is 0 Å². The fourth-order valence-corrected chi connectivity index (χ4v) is 5.63. The average Bonchev–Trinajstić information content (AvgIpc) is 2.31. The van der Waals surface area contributed by atoms with Gasteiger partial charge in [0.15, 0.2) is 0 Å². The predicted octanol–water partition coefficient (Wildman–Crippen LogP) is 4.23. The molecule has 120 valence electrons. The van der Waals surface area contributed by atoms with Gasteiger partial charge in [0.05, 0.1) is 8.07 Å². The Morgan fingerprint density at radius 1 is 1.15 bits per heavy atom. The van der Waals surface area contributed by atoms with Gasteiger partial charge < -0.3 is 5.32 Å². The molecule has 0 saturated heterocycles. The standard InChI is InChI=1S/C17H39NSi2/c1-10-12-16(20(8,9)17(5,6)7)18-15(11-2)13(3)14(4)19/h15-16,18H,10-12H2,1-9,19H3. The summed E-state index contributed by atoms with van der Waals surface area (Å²) < 4.78 is 0. The van der Waals surface area contributed by atoms with Crippen LogP contribution in [-0.4, -0.2) is 30.0 Å². The lowest BCUT2D eigenvalue weighted by atomic mass is 10.1. The van der Waals surface area contributed by atoms with Crippen molar-refractivity contribution in [2.45, 2.75) is 97.6 Å². The highest BCUT2D eigenvalue weighted by Crippen LogP contribution is 2.39. The Kier molecular flexibility index (Phi) is 8.00. The average molecular weight is 314 g/mol. The van der Waals surface area contributed by atoms with Crippen molar-refractivity contribution < 1.29 is 0 Å². The van der Waals surface area contributed by atoms with Crippen molar-refractivity contribution in [2.75, 3.05) is 0 Å². The van der Waals surface area contributed by atoms with Crippen LogP contribution in [0.2, 0.25) is 18.1 Å². The summed E-state index contributed by atoms with van der Waals surface area (Å²) in [5.41, 5.74) is 2.31. The van der Waals surface area contributed by atoms with Crippen molar-refractivity contribution >= 4 is 18.3 Å². The van der Waals surface area contributed by atoms with Gasteiger partial charge in [-0.2, -0.15) is 0 Å². The first-order chi connectivity index (χ1) is 8.98. The van der Waals surface area contributed by atoms with Crippen LogP contribution in [0, 0.1) is 0 Å². The molecule has 0 aromatic rings.